The highest BCUT2D eigenvalue weighted by Crippen LogP contribution is 2.27. The molecule has 0 radical (unpaired) electrons. The number of aliphatic hydroxyl groups is 3. The van der Waals surface area contributed by atoms with E-state index in [1.165, 1.54) is 0 Å². The van der Waals surface area contributed by atoms with Crippen molar-refractivity contribution in [2.75, 3.05) is 6.61 Å². The van der Waals surface area contributed by atoms with Crippen LogP contribution < -0.4 is 0 Å². The van der Waals surface area contributed by atoms with E-state index in [0.717, 1.165) is 0 Å². The topological polar surface area (TPSA) is 79.2 Å². The second-order valence-electron chi connectivity index (χ2n) is 2.85. The molecule has 5 heteroatoms. The number of fused-ring (bicyclic) bond motifs is 2. The fraction of sp³-hybridized carbons (Fsp3) is 1.00. The van der Waals surface area contributed by atoms with E-state index in [-0.39, 0.29) is 6.61 Å². The first-order valence-electron chi connectivity index (χ1n) is 3.51. The Labute approximate surface area is 63.2 Å². The van der Waals surface area contributed by atoms with Gasteiger partial charge in [-0.2, -0.15) is 0 Å². The average Bonchev–Trinajstić information content (AvgIpc) is 2.44. The summed E-state index contributed by atoms with van der Waals surface area (Å²) in [5.41, 5.74) is 0. The third-order valence-electron chi connectivity index (χ3n) is 2.09. The van der Waals surface area contributed by atoms with E-state index in [0.29, 0.717) is 0 Å². The molecular weight excluding hydrogens is 152 g/mol. The van der Waals surface area contributed by atoms with E-state index in [2.05, 4.69) is 0 Å². The van der Waals surface area contributed by atoms with Crippen molar-refractivity contribution in [2.45, 2.75) is 30.7 Å². The average molecular weight is 162 g/mol. The number of hydrogen-bond acceptors (Lipinski definition) is 5. The van der Waals surface area contributed by atoms with Crippen LogP contribution in [0, 0.1) is 0 Å². The molecule has 2 aliphatic rings. The summed E-state index contributed by atoms with van der Waals surface area (Å²) in [7, 11) is 0. The Morgan fingerprint density at radius 1 is 1.00 bits per heavy atom. The lowest BCUT2D eigenvalue weighted by molar-refractivity contribution is -0.228. The molecule has 2 fully saturated rings. The zero-order valence-corrected chi connectivity index (χ0v) is 5.75. The van der Waals surface area contributed by atoms with Gasteiger partial charge in [0.1, 0.15) is 24.4 Å². The van der Waals surface area contributed by atoms with Crippen LogP contribution in [0.25, 0.3) is 0 Å². The van der Waals surface area contributed by atoms with Crippen molar-refractivity contribution >= 4 is 0 Å². The summed E-state index contributed by atoms with van der Waals surface area (Å²) in [4.78, 5) is 0. The molecule has 0 spiro atoms. The molecule has 0 amide bonds. The van der Waals surface area contributed by atoms with Crippen LogP contribution in [0.1, 0.15) is 0 Å². The lowest BCUT2D eigenvalue weighted by Gasteiger charge is -2.32. The van der Waals surface area contributed by atoms with Gasteiger partial charge in [-0.1, -0.05) is 0 Å². The Hall–Kier alpha value is -0.200. The molecule has 0 aliphatic carbocycles. The molecule has 0 saturated carbocycles. The third-order valence-corrected chi connectivity index (χ3v) is 2.09. The Kier molecular flexibility index (Phi) is 1.62. The van der Waals surface area contributed by atoms with Crippen molar-refractivity contribution in [1.29, 1.82) is 0 Å². The van der Waals surface area contributed by atoms with Crippen LogP contribution in [0.3, 0.4) is 0 Å². The first-order chi connectivity index (χ1) is 5.20. The SMILES string of the molecule is O[C@@H]1[C@H](O)[C@H]2OC[C@H](O2)[C@H]1O. The van der Waals surface area contributed by atoms with Gasteiger partial charge in [0.05, 0.1) is 6.61 Å². The monoisotopic (exact) mass is 162 g/mol. The van der Waals surface area contributed by atoms with E-state index >= 15 is 0 Å². The van der Waals surface area contributed by atoms with Crippen LogP contribution in [0.15, 0.2) is 0 Å². The Balaban J connectivity index is 2.16. The van der Waals surface area contributed by atoms with Crippen molar-refractivity contribution in [3.63, 3.8) is 0 Å². The molecule has 0 aromatic heterocycles. The molecule has 2 saturated heterocycles. The quantitative estimate of drug-likeness (QED) is 0.377. The second kappa shape index (κ2) is 2.40. The molecule has 2 rings (SSSR count). The number of aliphatic hydroxyl groups excluding tert-OH is 3. The Morgan fingerprint density at radius 2 is 1.73 bits per heavy atom. The highest BCUT2D eigenvalue weighted by Gasteiger charge is 2.48. The summed E-state index contributed by atoms with van der Waals surface area (Å²) in [6, 6.07) is 0. The first-order valence-corrected chi connectivity index (χ1v) is 3.51. The summed E-state index contributed by atoms with van der Waals surface area (Å²) in [5, 5.41) is 27.6. The van der Waals surface area contributed by atoms with Gasteiger partial charge in [0.25, 0.3) is 0 Å². The van der Waals surface area contributed by atoms with E-state index in [1.807, 2.05) is 0 Å². The second-order valence-corrected chi connectivity index (χ2v) is 2.85. The number of rotatable bonds is 0. The highest BCUT2D eigenvalue weighted by atomic mass is 16.7. The van der Waals surface area contributed by atoms with Gasteiger partial charge in [-0.15, -0.1) is 0 Å². The lowest BCUT2D eigenvalue weighted by Crippen LogP contribution is -2.53. The van der Waals surface area contributed by atoms with Gasteiger partial charge in [-0.05, 0) is 0 Å². The predicted octanol–water partition coefficient (Wildman–Crippen LogP) is -2.18. The summed E-state index contributed by atoms with van der Waals surface area (Å²) in [6.07, 6.45) is -4.58. The van der Waals surface area contributed by atoms with Gasteiger partial charge in [-0.25, -0.2) is 0 Å². The van der Waals surface area contributed by atoms with Crippen molar-refractivity contribution in [1.82, 2.24) is 0 Å². The molecule has 2 aliphatic heterocycles. The van der Waals surface area contributed by atoms with Crippen LogP contribution in [-0.4, -0.2) is 52.6 Å². The lowest BCUT2D eigenvalue weighted by atomic mass is 10.0. The first kappa shape index (κ1) is 7.45. The minimum absolute atomic E-state index is 0.236. The van der Waals surface area contributed by atoms with Crippen molar-refractivity contribution in [3.05, 3.63) is 0 Å². The van der Waals surface area contributed by atoms with Crippen LogP contribution in [0.2, 0.25) is 0 Å². The molecule has 0 aromatic carbocycles. The maximum absolute atomic E-state index is 9.22. The van der Waals surface area contributed by atoms with Crippen molar-refractivity contribution in [3.8, 4) is 0 Å². The normalized spacial score (nSPS) is 56.5. The standard InChI is InChI=1S/C6H10O5/c7-3-2-1-10-6(11-2)5(9)4(3)8/h2-9H,1H2/t2-,3+,4-,5-,6-/m0/s1. The Bertz CT molecular complexity index is 141. The Morgan fingerprint density at radius 3 is 2.45 bits per heavy atom. The molecule has 2 bridgehead atoms. The van der Waals surface area contributed by atoms with E-state index in [4.69, 9.17) is 14.6 Å². The predicted molar refractivity (Wildman–Crippen MR) is 32.6 cm³/mol. The molecule has 2 heterocycles. The fourth-order valence-electron chi connectivity index (χ4n) is 1.38. The van der Waals surface area contributed by atoms with Crippen LogP contribution in [0.4, 0.5) is 0 Å². The molecule has 5 nitrogen and oxygen atoms in total. The molecule has 5 atom stereocenters. The zero-order valence-electron chi connectivity index (χ0n) is 5.75. The van der Waals surface area contributed by atoms with E-state index < -0.39 is 30.7 Å². The minimum Gasteiger partial charge on any atom is -0.387 e. The van der Waals surface area contributed by atoms with Crippen molar-refractivity contribution in [2.24, 2.45) is 0 Å². The number of hydrogen-bond donors (Lipinski definition) is 3. The summed E-state index contributed by atoms with van der Waals surface area (Å²) in [6.45, 7) is 0.236. The maximum Gasteiger partial charge on any atom is 0.186 e. The molecular formula is C6H10O5. The van der Waals surface area contributed by atoms with Gasteiger partial charge >= 0.3 is 0 Å². The van der Waals surface area contributed by atoms with E-state index in [9.17, 15) is 10.2 Å². The van der Waals surface area contributed by atoms with Crippen LogP contribution >= 0.6 is 0 Å². The molecule has 0 unspecified atom stereocenters. The summed E-state index contributed by atoms with van der Waals surface area (Å²) >= 11 is 0. The smallest absolute Gasteiger partial charge is 0.186 e. The summed E-state index contributed by atoms with van der Waals surface area (Å²) in [5.74, 6) is 0. The summed E-state index contributed by atoms with van der Waals surface area (Å²) < 4.78 is 9.95. The van der Waals surface area contributed by atoms with E-state index in [1.54, 1.807) is 0 Å². The largest absolute Gasteiger partial charge is 0.387 e. The van der Waals surface area contributed by atoms with Crippen LogP contribution in [-0.2, 0) is 9.47 Å². The maximum atomic E-state index is 9.22. The molecule has 0 aromatic rings. The van der Waals surface area contributed by atoms with Crippen molar-refractivity contribution < 1.29 is 24.8 Å². The number of ether oxygens (including phenoxy) is 2. The van der Waals surface area contributed by atoms with Crippen LogP contribution in [0.5, 0.6) is 0 Å². The van der Waals surface area contributed by atoms with Gasteiger partial charge < -0.3 is 24.8 Å². The molecule has 3 N–H and O–H groups in total. The van der Waals surface area contributed by atoms with Gasteiger partial charge in [0, 0.05) is 0 Å². The minimum atomic E-state index is -1.15. The van der Waals surface area contributed by atoms with Gasteiger partial charge in [0.15, 0.2) is 6.29 Å². The fourth-order valence-corrected chi connectivity index (χ4v) is 1.38. The van der Waals surface area contributed by atoms with Gasteiger partial charge in [0.2, 0.25) is 0 Å². The van der Waals surface area contributed by atoms with Gasteiger partial charge in [-0.3, -0.25) is 0 Å². The third kappa shape index (κ3) is 0.969. The molecule has 11 heavy (non-hydrogen) atoms. The molecule has 64 valence electrons. The zero-order chi connectivity index (χ0) is 8.01. The highest BCUT2D eigenvalue weighted by molar-refractivity contribution is 4.92.